The molecule has 110 valence electrons. The topological polar surface area (TPSA) is 50.1 Å². The molecule has 20 heavy (non-hydrogen) atoms. The number of hydrogen-bond acceptors (Lipinski definition) is 4. The van der Waals surface area contributed by atoms with Crippen molar-refractivity contribution in [1.29, 1.82) is 0 Å². The third-order valence-electron chi connectivity index (χ3n) is 3.20. The molecule has 0 aliphatic rings. The van der Waals surface area contributed by atoms with Crippen molar-refractivity contribution in [3.63, 3.8) is 0 Å². The summed E-state index contributed by atoms with van der Waals surface area (Å²) >= 11 is 1.61. The Morgan fingerprint density at radius 1 is 1.45 bits per heavy atom. The van der Waals surface area contributed by atoms with Gasteiger partial charge in [0.25, 0.3) is 0 Å². The molecule has 0 radical (unpaired) electrons. The van der Waals surface area contributed by atoms with Gasteiger partial charge in [0.05, 0.1) is 11.8 Å². The molecule has 0 fully saturated rings. The van der Waals surface area contributed by atoms with Crippen LogP contribution in [-0.4, -0.2) is 21.4 Å². The molecule has 0 aliphatic carbocycles. The highest BCUT2D eigenvalue weighted by atomic mass is 32.1. The number of rotatable bonds is 5. The second kappa shape index (κ2) is 6.08. The summed E-state index contributed by atoms with van der Waals surface area (Å²) in [5, 5.41) is 21.9. The zero-order valence-corrected chi connectivity index (χ0v) is 13.4. The zero-order valence-electron chi connectivity index (χ0n) is 12.6. The highest BCUT2D eigenvalue weighted by Gasteiger charge is 2.21. The van der Waals surface area contributed by atoms with Crippen molar-refractivity contribution in [2.45, 2.75) is 38.8 Å². The molecule has 0 saturated heterocycles. The standard InChI is InChI=1S/C15H23N3OS/c1-15(2,3)14-12(9-18(4)17-14)7-16-8-13(19)11-5-6-20-10-11/h5-6,9-10,13,16,19H,7-8H2,1-4H3. The van der Waals surface area contributed by atoms with Crippen LogP contribution in [0.1, 0.15) is 43.7 Å². The summed E-state index contributed by atoms with van der Waals surface area (Å²) in [6, 6.07) is 1.96. The Labute approximate surface area is 124 Å². The minimum absolute atomic E-state index is 0.0320. The highest BCUT2D eigenvalue weighted by molar-refractivity contribution is 7.07. The first-order chi connectivity index (χ1) is 9.38. The number of aliphatic hydroxyl groups excluding tert-OH is 1. The van der Waals surface area contributed by atoms with Crippen LogP contribution in [-0.2, 0) is 19.0 Å². The van der Waals surface area contributed by atoms with Crippen LogP contribution in [0.15, 0.2) is 23.0 Å². The molecule has 0 aliphatic heterocycles. The Bertz CT molecular complexity index is 540. The van der Waals surface area contributed by atoms with Gasteiger partial charge in [0.15, 0.2) is 0 Å². The van der Waals surface area contributed by atoms with Crippen molar-refractivity contribution in [2.75, 3.05) is 6.54 Å². The van der Waals surface area contributed by atoms with E-state index in [1.165, 1.54) is 5.56 Å². The first kappa shape index (κ1) is 15.2. The molecule has 0 spiro atoms. The highest BCUT2D eigenvalue weighted by Crippen LogP contribution is 2.24. The molecule has 0 amide bonds. The fourth-order valence-corrected chi connectivity index (χ4v) is 2.93. The van der Waals surface area contributed by atoms with Crippen molar-refractivity contribution in [3.8, 4) is 0 Å². The molecule has 2 heterocycles. The Morgan fingerprint density at radius 3 is 2.80 bits per heavy atom. The predicted octanol–water partition coefficient (Wildman–Crippen LogP) is 2.60. The second-order valence-corrected chi connectivity index (χ2v) is 6.91. The van der Waals surface area contributed by atoms with Crippen molar-refractivity contribution < 1.29 is 5.11 Å². The van der Waals surface area contributed by atoms with Crippen LogP contribution in [0.5, 0.6) is 0 Å². The molecule has 4 nitrogen and oxygen atoms in total. The molecule has 5 heteroatoms. The SMILES string of the molecule is Cn1cc(CNCC(O)c2ccsc2)c(C(C)(C)C)n1. The van der Waals surface area contributed by atoms with E-state index in [2.05, 4.69) is 31.2 Å². The first-order valence-electron chi connectivity index (χ1n) is 6.82. The van der Waals surface area contributed by atoms with Crippen LogP contribution in [0.4, 0.5) is 0 Å². The Hall–Kier alpha value is -1.17. The van der Waals surface area contributed by atoms with Gasteiger partial charge in [-0.05, 0) is 22.4 Å². The van der Waals surface area contributed by atoms with Gasteiger partial charge >= 0.3 is 0 Å². The van der Waals surface area contributed by atoms with E-state index >= 15 is 0 Å². The van der Waals surface area contributed by atoms with Crippen LogP contribution in [0.2, 0.25) is 0 Å². The van der Waals surface area contributed by atoms with E-state index in [1.54, 1.807) is 11.3 Å². The molecule has 0 aromatic carbocycles. The minimum atomic E-state index is -0.448. The molecule has 1 unspecified atom stereocenters. The van der Waals surface area contributed by atoms with Gasteiger partial charge < -0.3 is 10.4 Å². The molecule has 0 saturated carbocycles. The Morgan fingerprint density at radius 2 is 2.20 bits per heavy atom. The number of aryl methyl sites for hydroxylation is 1. The third-order valence-corrected chi connectivity index (χ3v) is 3.90. The van der Waals surface area contributed by atoms with Gasteiger partial charge in [0, 0.05) is 37.3 Å². The number of nitrogens with zero attached hydrogens (tertiary/aromatic N) is 2. The second-order valence-electron chi connectivity index (χ2n) is 6.13. The van der Waals surface area contributed by atoms with Crippen molar-refractivity contribution >= 4 is 11.3 Å². The van der Waals surface area contributed by atoms with Gasteiger partial charge in [-0.15, -0.1) is 0 Å². The average molecular weight is 293 g/mol. The number of nitrogens with one attached hydrogen (secondary N) is 1. The smallest absolute Gasteiger partial charge is 0.0922 e. The van der Waals surface area contributed by atoms with E-state index in [9.17, 15) is 5.11 Å². The number of hydrogen-bond donors (Lipinski definition) is 2. The van der Waals surface area contributed by atoms with Gasteiger partial charge in [-0.1, -0.05) is 20.8 Å². The summed E-state index contributed by atoms with van der Waals surface area (Å²) in [7, 11) is 1.94. The molecular formula is C15H23N3OS. The van der Waals surface area contributed by atoms with Gasteiger partial charge in [0.1, 0.15) is 0 Å². The molecule has 1 atom stereocenters. The van der Waals surface area contributed by atoms with Gasteiger partial charge in [0.2, 0.25) is 0 Å². The molecule has 0 bridgehead atoms. The van der Waals surface area contributed by atoms with Crippen LogP contribution >= 0.6 is 11.3 Å². The van der Waals surface area contributed by atoms with Crippen LogP contribution in [0.25, 0.3) is 0 Å². The van der Waals surface area contributed by atoms with E-state index in [-0.39, 0.29) is 5.41 Å². The largest absolute Gasteiger partial charge is 0.387 e. The molecule has 2 aromatic heterocycles. The van der Waals surface area contributed by atoms with E-state index in [0.29, 0.717) is 6.54 Å². The molecule has 2 N–H and O–H groups in total. The first-order valence-corrected chi connectivity index (χ1v) is 7.76. The summed E-state index contributed by atoms with van der Waals surface area (Å²) in [6.07, 6.45) is 1.60. The van der Waals surface area contributed by atoms with Gasteiger partial charge in [-0.3, -0.25) is 4.68 Å². The minimum Gasteiger partial charge on any atom is -0.387 e. The third kappa shape index (κ3) is 3.69. The summed E-state index contributed by atoms with van der Waals surface area (Å²) in [6.45, 7) is 7.77. The summed E-state index contributed by atoms with van der Waals surface area (Å²) in [4.78, 5) is 0. The number of thiophene rings is 1. The predicted molar refractivity (Wildman–Crippen MR) is 82.9 cm³/mol. The van der Waals surface area contributed by atoms with E-state index in [0.717, 1.165) is 17.8 Å². The quantitative estimate of drug-likeness (QED) is 0.891. The Balaban J connectivity index is 1.95. The lowest BCUT2D eigenvalue weighted by Crippen LogP contribution is -2.23. The van der Waals surface area contributed by atoms with E-state index < -0.39 is 6.10 Å². The molecular weight excluding hydrogens is 270 g/mol. The maximum atomic E-state index is 10.0. The lowest BCUT2D eigenvalue weighted by molar-refractivity contribution is 0.175. The number of aromatic nitrogens is 2. The summed E-state index contributed by atoms with van der Waals surface area (Å²) < 4.78 is 1.85. The zero-order chi connectivity index (χ0) is 14.8. The van der Waals surface area contributed by atoms with Crippen LogP contribution in [0, 0.1) is 0 Å². The van der Waals surface area contributed by atoms with Crippen LogP contribution in [0.3, 0.4) is 0 Å². The monoisotopic (exact) mass is 293 g/mol. The van der Waals surface area contributed by atoms with Crippen molar-refractivity contribution in [2.24, 2.45) is 7.05 Å². The lowest BCUT2D eigenvalue weighted by atomic mass is 9.89. The van der Waals surface area contributed by atoms with E-state index in [4.69, 9.17) is 0 Å². The van der Waals surface area contributed by atoms with E-state index in [1.807, 2.05) is 34.8 Å². The maximum absolute atomic E-state index is 10.0. The molecule has 2 aromatic rings. The summed E-state index contributed by atoms with van der Waals surface area (Å²) in [5.74, 6) is 0. The summed E-state index contributed by atoms with van der Waals surface area (Å²) in [5.41, 5.74) is 3.31. The normalized spacial score (nSPS) is 13.7. The lowest BCUT2D eigenvalue weighted by Gasteiger charge is -2.18. The fraction of sp³-hybridized carbons (Fsp3) is 0.533. The maximum Gasteiger partial charge on any atom is 0.0922 e. The molecule has 2 rings (SSSR count). The van der Waals surface area contributed by atoms with Crippen molar-refractivity contribution in [3.05, 3.63) is 39.8 Å². The average Bonchev–Trinajstić information content (AvgIpc) is 2.97. The Kier molecular flexibility index (Phi) is 4.62. The van der Waals surface area contributed by atoms with Gasteiger partial charge in [-0.25, -0.2) is 0 Å². The number of aliphatic hydroxyl groups is 1. The van der Waals surface area contributed by atoms with Gasteiger partial charge in [-0.2, -0.15) is 16.4 Å². The fourth-order valence-electron chi connectivity index (χ4n) is 2.22. The van der Waals surface area contributed by atoms with Crippen LogP contribution < -0.4 is 5.32 Å². The van der Waals surface area contributed by atoms with Crippen molar-refractivity contribution in [1.82, 2.24) is 15.1 Å².